The minimum absolute atomic E-state index is 0.0797. The number of aromatic nitrogens is 2. The van der Waals surface area contributed by atoms with Crippen molar-refractivity contribution in [3.05, 3.63) is 53.3 Å². The van der Waals surface area contributed by atoms with Gasteiger partial charge in [0.1, 0.15) is 5.82 Å². The van der Waals surface area contributed by atoms with Gasteiger partial charge >= 0.3 is 0 Å². The van der Waals surface area contributed by atoms with E-state index in [1.807, 2.05) is 24.3 Å². The molecular weight excluding hydrogens is 253 g/mol. The average Bonchev–Trinajstić information content (AvgIpc) is 2.76. The van der Waals surface area contributed by atoms with E-state index in [0.29, 0.717) is 11.6 Å². The van der Waals surface area contributed by atoms with Crippen LogP contribution in [0.2, 0.25) is 5.02 Å². The number of aromatic amines is 1. The Balaban J connectivity index is 1.93. The number of hydrogen-bond donors (Lipinski definition) is 2. The largest absolute Gasteiger partial charge is 0.326 e. The van der Waals surface area contributed by atoms with Crippen LogP contribution in [0.3, 0.4) is 0 Å². The highest BCUT2D eigenvalue weighted by molar-refractivity contribution is 6.31. The van der Waals surface area contributed by atoms with E-state index in [2.05, 4.69) is 15.3 Å². The number of imidazole rings is 1. The highest BCUT2D eigenvalue weighted by Crippen LogP contribution is 2.22. The van der Waals surface area contributed by atoms with Crippen molar-refractivity contribution in [2.75, 3.05) is 5.32 Å². The standard InChI is InChI=1S/C13H9ClFN3/c14-9-7-8(5-6-10(9)15)16-13-17-11-3-1-2-4-12(11)18-13/h1-7H,(H2,16,17,18). The molecule has 0 atom stereocenters. The van der Waals surface area contributed by atoms with Crippen LogP contribution in [-0.4, -0.2) is 9.97 Å². The van der Waals surface area contributed by atoms with E-state index < -0.39 is 5.82 Å². The molecule has 18 heavy (non-hydrogen) atoms. The zero-order chi connectivity index (χ0) is 12.5. The molecule has 0 spiro atoms. The number of nitrogens with zero attached hydrogens (tertiary/aromatic N) is 1. The van der Waals surface area contributed by atoms with Crippen LogP contribution in [0.25, 0.3) is 11.0 Å². The first-order valence-electron chi connectivity index (χ1n) is 5.39. The smallest absolute Gasteiger partial charge is 0.205 e. The fourth-order valence-corrected chi connectivity index (χ4v) is 1.90. The number of rotatable bonds is 2. The van der Waals surface area contributed by atoms with Gasteiger partial charge in [-0.1, -0.05) is 23.7 Å². The lowest BCUT2D eigenvalue weighted by atomic mass is 10.3. The molecule has 5 heteroatoms. The van der Waals surface area contributed by atoms with Gasteiger partial charge in [-0.15, -0.1) is 0 Å². The predicted octanol–water partition coefficient (Wildman–Crippen LogP) is 4.10. The summed E-state index contributed by atoms with van der Waals surface area (Å²) in [5, 5.41) is 3.12. The van der Waals surface area contributed by atoms with Gasteiger partial charge in [0.15, 0.2) is 0 Å². The Bertz CT molecular complexity index is 675. The van der Waals surface area contributed by atoms with Crippen LogP contribution in [0.5, 0.6) is 0 Å². The van der Waals surface area contributed by atoms with Crippen molar-refractivity contribution in [3.8, 4) is 0 Å². The molecule has 1 heterocycles. The Kier molecular flexibility index (Phi) is 2.64. The van der Waals surface area contributed by atoms with Gasteiger partial charge in [0.2, 0.25) is 5.95 Å². The summed E-state index contributed by atoms with van der Waals surface area (Å²) >= 11 is 5.71. The summed E-state index contributed by atoms with van der Waals surface area (Å²) in [6.45, 7) is 0. The molecule has 0 aliphatic carbocycles. The summed E-state index contributed by atoms with van der Waals surface area (Å²) in [6.07, 6.45) is 0. The van der Waals surface area contributed by atoms with E-state index in [9.17, 15) is 4.39 Å². The third kappa shape index (κ3) is 2.02. The second-order valence-corrected chi connectivity index (χ2v) is 4.26. The molecule has 0 aliphatic rings. The molecule has 2 N–H and O–H groups in total. The average molecular weight is 262 g/mol. The molecule has 0 saturated heterocycles. The van der Waals surface area contributed by atoms with Crippen LogP contribution >= 0.6 is 11.6 Å². The first-order valence-corrected chi connectivity index (χ1v) is 5.77. The number of benzene rings is 2. The minimum atomic E-state index is -0.438. The molecule has 0 fully saturated rings. The zero-order valence-electron chi connectivity index (χ0n) is 9.24. The molecule has 3 nitrogen and oxygen atoms in total. The summed E-state index contributed by atoms with van der Waals surface area (Å²) in [4.78, 5) is 7.48. The van der Waals surface area contributed by atoms with Gasteiger partial charge in [-0.2, -0.15) is 0 Å². The predicted molar refractivity (Wildman–Crippen MR) is 70.8 cm³/mol. The molecule has 2 aromatic carbocycles. The quantitative estimate of drug-likeness (QED) is 0.729. The van der Waals surface area contributed by atoms with Gasteiger partial charge < -0.3 is 10.3 Å². The molecule has 3 rings (SSSR count). The molecule has 0 radical (unpaired) electrons. The fraction of sp³-hybridized carbons (Fsp3) is 0. The number of fused-ring (bicyclic) bond motifs is 1. The molecule has 0 unspecified atom stereocenters. The number of H-pyrrole nitrogens is 1. The Labute approximate surface area is 108 Å². The molecule has 0 bridgehead atoms. The van der Waals surface area contributed by atoms with Crippen LogP contribution in [0.4, 0.5) is 16.0 Å². The monoisotopic (exact) mass is 261 g/mol. The van der Waals surface area contributed by atoms with E-state index >= 15 is 0 Å². The molecule has 1 aromatic heterocycles. The van der Waals surface area contributed by atoms with Crippen molar-refractivity contribution in [2.24, 2.45) is 0 Å². The van der Waals surface area contributed by atoms with E-state index in [0.717, 1.165) is 11.0 Å². The molecular formula is C13H9ClFN3. The molecule has 0 amide bonds. The first-order chi connectivity index (χ1) is 8.72. The van der Waals surface area contributed by atoms with Crippen molar-refractivity contribution in [2.45, 2.75) is 0 Å². The number of halogens is 2. The van der Waals surface area contributed by atoms with Gasteiger partial charge in [-0.25, -0.2) is 9.37 Å². The summed E-state index contributed by atoms with van der Waals surface area (Å²) in [7, 11) is 0. The molecule has 0 aliphatic heterocycles. The van der Waals surface area contributed by atoms with E-state index in [1.165, 1.54) is 12.1 Å². The number of anilines is 2. The summed E-state index contributed by atoms with van der Waals surface area (Å²) in [5.74, 6) is 0.158. The maximum absolute atomic E-state index is 13.0. The molecule has 3 aromatic rings. The Hall–Kier alpha value is -2.07. The van der Waals surface area contributed by atoms with Crippen LogP contribution < -0.4 is 5.32 Å². The van der Waals surface area contributed by atoms with Gasteiger partial charge in [0.05, 0.1) is 16.1 Å². The van der Waals surface area contributed by atoms with Gasteiger partial charge in [0, 0.05) is 5.69 Å². The van der Waals surface area contributed by atoms with Crippen molar-refractivity contribution >= 4 is 34.3 Å². The van der Waals surface area contributed by atoms with Gasteiger partial charge in [0.25, 0.3) is 0 Å². The SMILES string of the molecule is Fc1ccc(Nc2nc3ccccc3[nH]2)cc1Cl. The number of hydrogen-bond acceptors (Lipinski definition) is 2. The Morgan fingerprint density at radius 1 is 1.17 bits per heavy atom. The number of para-hydroxylation sites is 2. The van der Waals surface area contributed by atoms with Crippen molar-refractivity contribution in [3.63, 3.8) is 0 Å². The second kappa shape index (κ2) is 4.31. The highest BCUT2D eigenvalue weighted by atomic mass is 35.5. The normalized spacial score (nSPS) is 10.8. The van der Waals surface area contributed by atoms with Crippen LogP contribution in [-0.2, 0) is 0 Å². The lowest BCUT2D eigenvalue weighted by Gasteiger charge is -2.03. The number of nitrogens with one attached hydrogen (secondary N) is 2. The van der Waals surface area contributed by atoms with E-state index in [4.69, 9.17) is 11.6 Å². The topological polar surface area (TPSA) is 40.7 Å². The van der Waals surface area contributed by atoms with E-state index in [-0.39, 0.29) is 5.02 Å². The first kappa shape index (κ1) is 11.0. The minimum Gasteiger partial charge on any atom is -0.326 e. The maximum Gasteiger partial charge on any atom is 0.205 e. The van der Waals surface area contributed by atoms with E-state index in [1.54, 1.807) is 6.07 Å². The Morgan fingerprint density at radius 2 is 2.00 bits per heavy atom. The summed E-state index contributed by atoms with van der Waals surface area (Å²) in [5.41, 5.74) is 2.49. The summed E-state index contributed by atoms with van der Waals surface area (Å²) < 4.78 is 13.0. The third-order valence-corrected chi connectivity index (χ3v) is 2.86. The fourth-order valence-electron chi connectivity index (χ4n) is 1.72. The maximum atomic E-state index is 13.0. The van der Waals surface area contributed by atoms with Gasteiger partial charge in [-0.05, 0) is 30.3 Å². The van der Waals surface area contributed by atoms with Crippen molar-refractivity contribution < 1.29 is 4.39 Å². The van der Waals surface area contributed by atoms with Crippen LogP contribution in [0.15, 0.2) is 42.5 Å². The van der Waals surface area contributed by atoms with Crippen LogP contribution in [0, 0.1) is 5.82 Å². The molecule has 90 valence electrons. The lowest BCUT2D eigenvalue weighted by molar-refractivity contribution is 0.628. The zero-order valence-corrected chi connectivity index (χ0v) is 10.0. The lowest BCUT2D eigenvalue weighted by Crippen LogP contribution is -1.92. The highest BCUT2D eigenvalue weighted by Gasteiger charge is 2.04. The van der Waals surface area contributed by atoms with Crippen LogP contribution in [0.1, 0.15) is 0 Å². The van der Waals surface area contributed by atoms with Gasteiger partial charge in [-0.3, -0.25) is 0 Å². The van der Waals surface area contributed by atoms with Crippen molar-refractivity contribution in [1.29, 1.82) is 0 Å². The Morgan fingerprint density at radius 3 is 2.78 bits per heavy atom. The second-order valence-electron chi connectivity index (χ2n) is 3.86. The molecule has 0 saturated carbocycles. The van der Waals surface area contributed by atoms with Crippen molar-refractivity contribution in [1.82, 2.24) is 9.97 Å². The third-order valence-electron chi connectivity index (χ3n) is 2.57. The summed E-state index contributed by atoms with van der Waals surface area (Å²) in [6, 6.07) is 12.1.